The number of hydrogen-bond acceptors (Lipinski definition) is 3. The van der Waals surface area contributed by atoms with E-state index in [4.69, 9.17) is 4.74 Å². The van der Waals surface area contributed by atoms with Gasteiger partial charge in [-0.3, -0.25) is 0 Å². The van der Waals surface area contributed by atoms with E-state index in [1.54, 1.807) is 7.11 Å². The molecule has 2 aliphatic rings. The second-order valence-corrected chi connectivity index (χ2v) is 7.29. The third-order valence-corrected chi connectivity index (χ3v) is 5.28. The molecule has 3 rings (SSSR count). The van der Waals surface area contributed by atoms with E-state index in [0.717, 1.165) is 51.3 Å². The van der Waals surface area contributed by atoms with Crippen molar-refractivity contribution in [3.63, 3.8) is 0 Å². The van der Waals surface area contributed by atoms with E-state index >= 15 is 0 Å². The Kier molecular flexibility index (Phi) is 6.56. The number of piperidine rings is 1. The maximum absolute atomic E-state index is 12.6. The second kappa shape index (κ2) is 9.09. The molecule has 0 aromatic heterocycles. The van der Waals surface area contributed by atoms with Crippen LogP contribution in [-0.4, -0.2) is 50.8 Å². The van der Waals surface area contributed by atoms with E-state index in [2.05, 4.69) is 22.3 Å². The van der Waals surface area contributed by atoms with Crippen molar-refractivity contribution >= 4 is 17.4 Å². The standard InChI is InChI=1S/C20H31N3O2/c1-25-16-17-8-7-13-23(15-17)20(24)21-18-9-6-10-19(14-18)22-11-4-2-3-5-12-22/h6,9-10,14,17H,2-5,7-8,11-13,15-16H2,1H3,(H,21,24)/t17-/m0/s1. The third-order valence-electron chi connectivity index (χ3n) is 5.28. The zero-order chi connectivity index (χ0) is 17.5. The lowest BCUT2D eigenvalue weighted by Gasteiger charge is -2.32. The highest BCUT2D eigenvalue weighted by atomic mass is 16.5. The van der Waals surface area contributed by atoms with Crippen LogP contribution in [0.5, 0.6) is 0 Å². The Balaban J connectivity index is 1.60. The van der Waals surface area contributed by atoms with Crippen molar-refractivity contribution in [1.29, 1.82) is 0 Å². The van der Waals surface area contributed by atoms with Crippen LogP contribution < -0.4 is 10.2 Å². The Hall–Kier alpha value is -1.75. The van der Waals surface area contributed by atoms with Crippen molar-refractivity contribution in [3.8, 4) is 0 Å². The molecule has 2 aliphatic heterocycles. The van der Waals surface area contributed by atoms with Crippen LogP contribution in [0.2, 0.25) is 0 Å². The number of carbonyl (C=O) groups is 1. The normalized spacial score (nSPS) is 21.7. The summed E-state index contributed by atoms with van der Waals surface area (Å²) >= 11 is 0. The first-order valence-electron chi connectivity index (χ1n) is 9.66. The molecular formula is C20H31N3O2. The molecule has 25 heavy (non-hydrogen) atoms. The number of carbonyl (C=O) groups excluding carboxylic acids is 1. The molecule has 5 nitrogen and oxygen atoms in total. The molecular weight excluding hydrogens is 314 g/mol. The largest absolute Gasteiger partial charge is 0.384 e. The van der Waals surface area contributed by atoms with Gasteiger partial charge in [-0.15, -0.1) is 0 Å². The molecule has 0 spiro atoms. The van der Waals surface area contributed by atoms with Crippen molar-refractivity contribution in [1.82, 2.24) is 4.90 Å². The molecule has 1 N–H and O–H groups in total. The highest BCUT2D eigenvalue weighted by Crippen LogP contribution is 2.24. The molecule has 138 valence electrons. The van der Waals surface area contributed by atoms with E-state index < -0.39 is 0 Å². The fourth-order valence-electron chi connectivity index (χ4n) is 3.93. The maximum atomic E-state index is 12.6. The molecule has 0 bridgehead atoms. The quantitative estimate of drug-likeness (QED) is 0.898. The van der Waals surface area contributed by atoms with Crippen LogP contribution >= 0.6 is 0 Å². The minimum atomic E-state index is 0.00817. The molecule has 0 unspecified atom stereocenters. The molecule has 1 aromatic rings. The van der Waals surface area contributed by atoms with Crippen LogP contribution in [0.4, 0.5) is 16.2 Å². The van der Waals surface area contributed by atoms with Crippen LogP contribution in [-0.2, 0) is 4.74 Å². The van der Waals surface area contributed by atoms with Gasteiger partial charge in [-0.2, -0.15) is 0 Å². The van der Waals surface area contributed by atoms with Crippen molar-refractivity contribution < 1.29 is 9.53 Å². The Morgan fingerprint density at radius 1 is 1.16 bits per heavy atom. The summed E-state index contributed by atoms with van der Waals surface area (Å²) in [5, 5.41) is 3.09. The second-order valence-electron chi connectivity index (χ2n) is 7.29. The number of ether oxygens (including phenoxy) is 1. The fourth-order valence-corrected chi connectivity index (χ4v) is 3.93. The highest BCUT2D eigenvalue weighted by Gasteiger charge is 2.23. The summed E-state index contributed by atoms with van der Waals surface area (Å²) in [4.78, 5) is 17.0. The van der Waals surface area contributed by atoms with Gasteiger partial charge in [-0.25, -0.2) is 4.79 Å². The van der Waals surface area contributed by atoms with E-state index in [1.165, 1.54) is 31.4 Å². The Morgan fingerprint density at radius 2 is 1.96 bits per heavy atom. The van der Waals surface area contributed by atoms with Gasteiger partial charge in [-0.1, -0.05) is 18.9 Å². The van der Waals surface area contributed by atoms with Gasteiger partial charge in [0, 0.05) is 50.6 Å². The molecule has 1 atom stereocenters. The summed E-state index contributed by atoms with van der Waals surface area (Å²) < 4.78 is 5.26. The van der Waals surface area contributed by atoms with Crippen molar-refractivity contribution in [2.75, 3.05) is 50.1 Å². The van der Waals surface area contributed by atoms with E-state index in [9.17, 15) is 4.79 Å². The van der Waals surface area contributed by atoms with E-state index in [-0.39, 0.29) is 6.03 Å². The van der Waals surface area contributed by atoms with Gasteiger partial charge >= 0.3 is 6.03 Å². The van der Waals surface area contributed by atoms with Gasteiger partial charge in [0.15, 0.2) is 0 Å². The van der Waals surface area contributed by atoms with Crippen molar-refractivity contribution in [2.24, 2.45) is 5.92 Å². The highest BCUT2D eigenvalue weighted by molar-refractivity contribution is 5.90. The van der Waals surface area contributed by atoms with E-state index in [1.807, 2.05) is 17.0 Å². The first-order valence-corrected chi connectivity index (χ1v) is 9.66. The molecule has 2 heterocycles. The molecule has 2 fully saturated rings. The first kappa shape index (κ1) is 18.1. The number of urea groups is 1. The molecule has 2 amide bonds. The van der Waals surface area contributed by atoms with Gasteiger partial charge in [0.25, 0.3) is 0 Å². The average Bonchev–Trinajstić information content (AvgIpc) is 2.92. The molecule has 1 aromatic carbocycles. The van der Waals surface area contributed by atoms with Crippen molar-refractivity contribution in [2.45, 2.75) is 38.5 Å². The van der Waals surface area contributed by atoms with E-state index in [0.29, 0.717) is 5.92 Å². The smallest absolute Gasteiger partial charge is 0.321 e. The predicted molar refractivity (Wildman–Crippen MR) is 102 cm³/mol. The Labute approximate surface area is 151 Å². The summed E-state index contributed by atoms with van der Waals surface area (Å²) in [6.45, 7) is 4.57. The Bertz CT molecular complexity index is 554. The number of nitrogens with one attached hydrogen (secondary N) is 1. The number of rotatable bonds is 4. The first-order chi connectivity index (χ1) is 12.3. The van der Waals surface area contributed by atoms with Gasteiger partial charge in [0.1, 0.15) is 0 Å². The lowest BCUT2D eigenvalue weighted by atomic mass is 9.99. The monoisotopic (exact) mass is 345 g/mol. The SMILES string of the molecule is COC[C@H]1CCCN(C(=O)Nc2cccc(N3CCCCCC3)c2)C1. The molecule has 0 saturated carbocycles. The van der Waals surface area contributed by atoms with Crippen LogP contribution in [0.3, 0.4) is 0 Å². The summed E-state index contributed by atoms with van der Waals surface area (Å²) in [7, 11) is 1.73. The number of likely N-dealkylation sites (tertiary alicyclic amines) is 1. The van der Waals surface area contributed by atoms with Gasteiger partial charge in [0.05, 0.1) is 6.61 Å². The zero-order valence-electron chi connectivity index (χ0n) is 15.4. The Morgan fingerprint density at radius 3 is 2.72 bits per heavy atom. The minimum Gasteiger partial charge on any atom is -0.384 e. The van der Waals surface area contributed by atoms with Gasteiger partial charge in [-0.05, 0) is 43.9 Å². The minimum absolute atomic E-state index is 0.00817. The summed E-state index contributed by atoms with van der Waals surface area (Å²) in [5.41, 5.74) is 2.11. The maximum Gasteiger partial charge on any atom is 0.321 e. The van der Waals surface area contributed by atoms with Crippen LogP contribution in [0.15, 0.2) is 24.3 Å². The average molecular weight is 345 g/mol. The number of nitrogens with zero attached hydrogens (tertiary/aromatic N) is 2. The lowest BCUT2D eigenvalue weighted by molar-refractivity contribution is 0.104. The van der Waals surface area contributed by atoms with Crippen LogP contribution in [0, 0.1) is 5.92 Å². The van der Waals surface area contributed by atoms with Crippen LogP contribution in [0.25, 0.3) is 0 Å². The fraction of sp³-hybridized carbons (Fsp3) is 0.650. The summed E-state index contributed by atoms with van der Waals surface area (Å²) in [5.74, 6) is 0.452. The number of amides is 2. The summed E-state index contributed by atoms with van der Waals surface area (Å²) in [6.07, 6.45) is 7.35. The number of methoxy groups -OCH3 is 1. The zero-order valence-corrected chi connectivity index (χ0v) is 15.4. The summed E-state index contributed by atoms with van der Waals surface area (Å²) in [6, 6.07) is 8.29. The van der Waals surface area contributed by atoms with Gasteiger partial charge in [0.2, 0.25) is 0 Å². The molecule has 5 heteroatoms. The topological polar surface area (TPSA) is 44.8 Å². The molecule has 0 radical (unpaired) electrons. The van der Waals surface area contributed by atoms with Crippen molar-refractivity contribution in [3.05, 3.63) is 24.3 Å². The number of hydrogen-bond donors (Lipinski definition) is 1. The molecule has 2 saturated heterocycles. The number of benzene rings is 1. The van der Waals surface area contributed by atoms with Crippen LogP contribution in [0.1, 0.15) is 38.5 Å². The lowest BCUT2D eigenvalue weighted by Crippen LogP contribution is -2.43. The number of anilines is 2. The van der Waals surface area contributed by atoms with Gasteiger partial charge < -0.3 is 19.9 Å². The predicted octanol–water partition coefficient (Wildman–Crippen LogP) is 3.96. The molecule has 0 aliphatic carbocycles. The third kappa shape index (κ3) is 5.11.